The van der Waals surface area contributed by atoms with Gasteiger partial charge in [-0.3, -0.25) is 4.79 Å². The van der Waals surface area contributed by atoms with Gasteiger partial charge in [-0.2, -0.15) is 0 Å². The molecular formula is C22H33N3O5. The Hall–Kier alpha value is -2.61. The SMILES string of the molecule is CCOC(=O)c1cccc(NC(=O)N2CCC(CC(=O)NCCOC)C(CC)C2)c1. The summed E-state index contributed by atoms with van der Waals surface area (Å²) in [6, 6.07) is 6.53. The van der Waals surface area contributed by atoms with Crippen molar-refractivity contribution in [3.8, 4) is 0 Å². The first-order valence-electron chi connectivity index (χ1n) is 10.6. The molecule has 2 rings (SSSR count). The van der Waals surface area contributed by atoms with Crippen LogP contribution in [0.5, 0.6) is 0 Å². The van der Waals surface area contributed by atoms with E-state index in [0.29, 0.717) is 50.5 Å². The molecule has 1 saturated heterocycles. The second-order valence-electron chi connectivity index (χ2n) is 7.44. The van der Waals surface area contributed by atoms with E-state index in [2.05, 4.69) is 17.6 Å². The number of carbonyl (C=O) groups is 3. The maximum atomic E-state index is 12.7. The van der Waals surface area contributed by atoms with Crippen molar-refractivity contribution in [2.75, 3.05) is 45.3 Å². The van der Waals surface area contributed by atoms with Gasteiger partial charge in [0.2, 0.25) is 5.91 Å². The van der Waals surface area contributed by atoms with E-state index in [0.717, 1.165) is 12.8 Å². The van der Waals surface area contributed by atoms with E-state index >= 15 is 0 Å². The van der Waals surface area contributed by atoms with Crippen molar-refractivity contribution in [1.82, 2.24) is 10.2 Å². The summed E-state index contributed by atoms with van der Waals surface area (Å²) in [4.78, 5) is 38.6. The molecule has 1 aromatic carbocycles. The number of benzene rings is 1. The van der Waals surface area contributed by atoms with Gasteiger partial charge in [-0.25, -0.2) is 9.59 Å². The summed E-state index contributed by atoms with van der Waals surface area (Å²) in [5.74, 6) is 0.144. The zero-order valence-electron chi connectivity index (χ0n) is 18.1. The molecule has 8 nitrogen and oxygen atoms in total. The van der Waals surface area contributed by atoms with E-state index in [4.69, 9.17) is 9.47 Å². The molecule has 8 heteroatoms. The van der Waals surface area contributed by atoms with Crippen molar-refractivity contribution in [3.63, 3.8) is 0 Å². The number of amides is 3. The lowest BCUT2D eigenvalue weighted by Gasteiger charge is -2.38. The fourth-order valence-corrected chi connectivity index (χ4v) is 3.74. The molecule has 1 heterocycles. The number of piperidine rings is 1. The highest BCUT2D eigenvalue weighted by atomic mass is 16.5. The van der Waals surface area contributed by atoms with Gasteiger partial charge < -0.3 is 25.0 Å². The second kappa shape index (κ2) is 12.2. The summed E-state index contributed by atoms with van der Waals surface area (Å²) >= 11 is 0. The average molecular weight is 420 g/mol. The van der Waals surface area contributed by atoms with E-state index in [-0.39, 0.29) is 23.8 Å². The predicted octanol–water partition coefficient (Wildman–Crippen LogP) is 2.90. The summed E-state index contributed by atoms with van der Waals surface area (Å²) in [5, 5.41) is 5.74. The van der Waals surface area contributed by atoms with Crippen LogP contribution >= 0.6 is 0 Å². The molecule has 0 aliphatic carbocycles. The lowest BCUT2D eigenvalue weighted by Crippen LogP contribution is -2.46. The molecule has 0 saturated carbocycles. The lowest BCUT2D eigenvalue weighted by molar-refractivity contribution is -0.123. The molecule has 0 bridgehead atoms. The molecule has 1 aliphatic rings. The van der Waals surface area contributed by atoms with Crippen molar-refractivity contribution >= 4 is 23.6 Å². The number of urea groups is 1. The number of nitrogens with zero attached hydrogens (tertiary/aromatic N) is 1. The minimum atomic E-state index is -0.413. The highest BCUT2D eigenvalue weighted by molar-refractivity contribution is 5.94. The lowest BCUT2D eigenvalue weighted by atomic mass is 9.81. The van der Waals surface area contributed by atoms with Gasteiger partial charge in [0.15, 0.2) is 0 Å². The molecule has 166 valence electrons. The third-order valence-corrected chi connectivity index (χ3v) is 5.40. The van der Waals surface area contributed by atoms with E-state index in [1.807, 2.05) is 0 Å². The molecule has 1 aliphatic heterocycles. The first kappa shape index (κ1) is 23.7. The molecule has 1 aromatic rings. The predicted molar refractivity (Wildman–Crippen MR) is 114 cm³/mol. The number of esters is 1. The number of rotatable bonds is 9. The monoisotopic (exact) mass is 419 g/mol. The molecule has 0 aromatic heterocycles. The average Bonchev–Trinajstić information content (AvgIpc) is 2.74. The Labute approximate surface area is 178 Å². The Balaban J connectivity index is 1.90. The maximum Gasteiger partial charge on any atom is 0.338 e. The third-order valence-electron chi connectivity index (χ3n) is 5.40. The number of hydrogen-bond donors (Lipinski definition) is 2. The van der Waals surface area contributed by atoms with Crippen LogP contribution in [0.1, 0.15) is 43.5 Å². The minimum Gasteiger partial charge on any atom is -0.462 e. The number of ether oxygens (including phenoxy) is 2. The molecular weight excluding hydrogens is 386 g/mol. The first-order chi connectivity index (χ1) is 14.5. The van der Waals surface area contributed by atoms with E-state index in [9.17, 15) is 14.4 Å². The molecule has 0 radical (unpaired) electrons. The van der Waals surface area contributed by atoms with Crippen LogP contribution in [0, 0.1) is 11.8 Å². The summed E-state index contributed by atoms with van der Waals surface area (Å²) in [5.41, 5.74) is 0.956. The number of hydrogen-bond acceptors (Lipinski definition) is 5. The largest absolute Gasteiger partial charge is 0.462 e. The quantitative estimate of drug-likeness (QED) is 0.474. The Morgan fingerprint density at radius 3 is 2.70 bits per heavy atom. The van der Waals surface area contributed by atoms with Crippen LogP contribution in [-0.2, 0) is 14.3 Å². The first-order valence-corrected chi connectivity index (χ1v) is 10.6. The van der Waals surface area contributed by atoms with Crippen LogP contribution in [0.25, 0.3) is 0 Å². The van der Waals surface area contributed by atoms with Gasteiger partial charge >= 0.3 is 12.0 Å². The Morgan fingerprint density at radius 2 is 2.00 bits per heavy atom. The van der Waals surface area contributed by atoms with Crippen molar-refractivity contribution in [2.24, 2.45) is 11.8 Å². The van der Waals surface area contributed by atoms with E-state index in [1.54, 1.807) is 43.2 Å². The molecule has 3 amide bonds. The summed E-state index contributed by atoms with van der Waals surface area (Å²) in [7, 11) is 1.60. The number of methoxy groups -OCH3 is 1. The second-order valence-corrected chi connectivity index (χ2v) is 7.44. The molecule has 0 spiro atoms. The van der Waals surface area contributed by atoms with E-state index in [1.165, 1.54) is 0 Å². The number of carbonyl (C=O) groups excluding carboxylic acids is 3. The standard InChI is InChI=1S/C22H33N3O5/c1-4-16-15-25(11-9-17(16)14-20(26)23-10-12-29-3)22(28)24-19-8-6-7-18(13-19)21(27)30-5-2/h6-8,13,16-17H,4-5,9-12,14-15H2,1-3H3,(H,23,26)(H,24,28). The van der Waals surface area contributed by atoms with Gasteiger partial charge in [0.1, 0.15) is 0 Å². The maximum absolute atomic E-state index is 12.7. The molecule has 2 atom stereocenters. The number of likely N-dealkylation sites (tertiary alicyclic amines) is 1. The third kappa shape index (κ3) is 7.02. The fourth-order valence-electron chi connectivity index (χ4n) is 3.74. The Morgan fingerprint density at radius 1 is 1.20 bits per heavy atom. The van der Waals surface area contributed by atoms with Crippen molar-refractivity contribution in [1.29, 1.82) is 0 Å². The van der Waals surface area contributed by atoms with Gasteiger partial charge in [-0.1, -0.05) is 19.4 Å². The van der Waals surface area contributed by atoms with Crippen molar-refractivity contribution in [2.45, 2.75) is 33.1 Å². The van der Waals surface area contributed by atoms with Crippen LogP contribution < -0.4 is 10.6 Å². The van der Waals surface area contributed by atoms with Crippen molar-refractivity contribution in [3.05, 3.63) is 29.8 Å². The zero-order chi connectivity index (χ0) is 21.9. The van der Waals surface area contributed by atoms with E-state index < -0.39 is 5.97 Å². The minimum absolute atomic E-state index is 0.0316. The fraction of sp³-hybridized carbons (Fsp3) is 0.591. The van der Waals surface area contributed by atoms with Crippen LogP contribution in [0.3, 0.4) is 0 Å². The number of anilines is 1. The van der Waals surface area contributed by atoms with Crippen molar-refractivity contribution < 1.29 is 23.9 Å². The number of nitrogens with one attached hydrogen (secondary N) is 2. The smallest absolute Gasteiger partial charge is 0.338 e. The molecule has 1 fully saturated rings. The van der Waals surface area contributed by atoms with Gasteiger partial charge in [-0.05, 0) is 43.4 Å². The Bertz CT molecular complexity index is 724. The summed E-state index contributed by atoms with van der Waals surface area (Å²) < 4.78 is 9.96. The highest BCUT2D eigenvalue weighted by Gasteiger charge is 2.31. The van der Waals surface area contributed by atoms with Gasteiger partial charge in [0, 0.05) is 38.9 Å². The van der Waals surface area contributed by atoms with Gasteiger partial charge in [0.25, 0.3) is 0 Å². The van der Waals surface area contributed by atoms with Gasteiger partial charge in [-0.15, -0.1) is 0 Å². The molecule has 2 N–H and O–H groups in total. The topological polar surface area (TPSA) is 97.0 Å². The summed E-state index contributed by atoms with van der Waals surface area (Å²) in [6.07, 6.45) is 2.16. The summed E-state index contributed by atoms with van der Waals surface area (Å²) in [6.45, 7) is 6.35. The van der Waals surface area contributed by atoms with Crippen LogP contribution in [-0.4, -0.2) is 62.8 Å². The zero-order valence-corrected chi connectivity index (χ0v) is 18.1. The molecule has 30 heavy (non-hydrogen) atoms. The Kier molecular flexibility index (Phi) is 9.60. The van der Waals surface area contributed by atoms with Crippen LogP contribution in [0.15, 0.2) is 24.3 Å². The van der Waals surface area contributed by atoms with Crippen LogP contribution in [0.4, 0.5) is 10.5 Å². The van der Waals surface area contributed by atoms with Gasteiger partial charge in [0.05, 0.1) is 18.8 Å². The normalized spacial score (nSPS) is 18.6. The highest BCUT2D eigenvalue weighted by Crippen LogP contribution is 2.29. The van der Waals surface area contributed by atoms with Crippen LogP contribution in [0.2, 0.25) is 0 Å². The molecule has 2 unspecified atom stereocenters.